The van der Waals surface area contributed by atoms with Crippen molar-refractivity contribution in [1.29, 1.82) is 0 Å². The zero-order valence-electron chi connectivity index (χ0n) is 10.7. The Hall–Kier alpha value is -0.410. The van der Waals surface area contributed by atoms with E-state index in [0.29, 0.717) is 11.7 Å². The van der Waals surface area contributed by atoms with Crippen LogP contribution in [0.2, 0.25) is 0 Å². The van der Waals surface area contributed by atoms with Crippen LogP contribution in [0.25, 0.3) is 0 Å². The molecule has 96 valence electrons. The molecule has 0 radical (unpaired) electrons. The van der Waals surface area contributed by atoms with Crippen molar-refractivity contribution in [3.63, 3.8) is 0 Å². The van der Waals surface area contributed by atoms with Crippen molar-refractivity contribution in [3.05, 3.63) is 0 Å². The third-order valence-electron chi connectivity index (χ3n) is 4.57. The molecule has 3 heteroatoms. The van der Waals surface area contributed by atoms with E-state index < -0.39 is 0 Å². The molecule has 17 heavy (non-hydrogen) atoms. The van der Waals surface area contributed by atoms with Crippen molar-refractivity contribution in [2.24, 2.45) is 5.92 Å². The van der Waals surface area contributed by atoms with Gasteiger partial charge in [0, 0.05) is 25.0 Å². The SMILES string of the molecule is O=C(CN1CCC(N2CCCCC2)C1)C1CC1. The fourth-order valence-corrected chi connectivity index (χ4v) is 3.29. The van der Waals surface area contributed by atoms with Crippen LogP contribution in [0.1, 0.15) is 38.5 Å². The van der Waals surface area contributed by atoms with E-state index in [0.717, 1.165) is 38.5 Å². The average molecular weight is 236 g/mol. The van der Waals surface area contributed by atoms with Crippen LogP contribution in [0.15, 0.2) is 0 Å². The van der Waals surface area contributed by atoms with Crippen molar-refractivity contribution in [2.45, 2.75) is 44.6 Å². The van der Waals surface area contributed by atoms with Crippen LogP contribution in [0, 0.1) is 5.92 Å². The van der Waals surface area contributed by atoms with Gasteiger partial charge in [-0.05, 0) is 45.2 Å². The molecule has 1 unspecified atom stereocenters. The smallest absolute Gasteiger partial charge is 0.149 e. The highest BCUT2D eigenvalue weighted by molar-refractivity contribution is 5.85. The van der Waals surface area contributed by atoms with Gasteiger partial charge >= 0.3 is 0 Å². The van der Waals surface area contributed by atoms with Gasteiger partial charge in [-0.3, -0.25) is 14.6 Å². The van der Waals surface area contributed by atoms with Gasteiger partial charge in [-0.15, -0.1) is 0 Å². The second-order valence-corrected chi connectivity index (χ2v) is 6.01. The summed E-state index contributed by atoms with van der Waals surface area (Å²) >= 11 is 0. The van der Waals surface area contributed by atoms with Crippen molar-refractivity contribution < 1.29 is 4.79 Å². The van der Waals surface area contributed by atoms with E-state index in [4.69, 9.17) is 0 Å². The maximum atomic E-state index is 11.8. The number of carbonyl (C=O) groups is 1. The molecule has 2 saturated heterocycles. The highest BCUT2D eigenvalue weighted by atomic mass is 16.1. The molecular formula is C14H24N2O. The number of hydrogen-bond acceptors (Lipinski definition) is 3. The van der Waals surface area contributed by atoms with Crippen LogP contribution >= 0.6 is 0 Å². The van der Waals surface area contributed by atoms with Gasteiger partial charge in [-0.25, -0.2) is 0 Å². The molecule has 0 aromatic heterocycles. The normalized spacial score (nSPS) is 31.9. The van der Waals surface area contributed by atoms with E-state index in [1.807, 2.05) is 0 Å². The Morgan fingerprint density at radius 2 is 1.76 bits per heavy atom. The number of piperidine rings is 1. The first-order chi connectivity index (χ1) is 8.33. The summed E-state index contributed by atoms with van der Waals surface area (Å²) in [6.45, 7) is 5.58. The Morgan fingerprint density at radius 1 is 1.00 bits per heavy atom. The zero-order chi connectivity index (χ0) is 11.7. The van der Waals surface area contributed by atoms with Gasteiger partial charge in [0.25, 0.3) is 0 Å². The predicted molar refractivity (Wildman–Crippen MR) is 68.0 cm³/mol. The summed E-state index contributed by atoms with van der Waals surface area (Å²) in [4.78, 5) is 16.8. The fourth-order valence-electron chi connectivity index (χ4n) is 3.29. The Balaban J connectivity index is 1.45. The van der Waals surface area contributed by atoms with Crippen LogP contribution < -0.4 is 0 Å². The van der Waals surface area contributed by atoms with Gasteiger partial charge in [0.1, 0.15) is 5.78 Å². The van der Waals surface area contributed by atoms with Gasteiger partial charge < -0.3 is 0 Å². The second kappa shape index (κ2) is 5.07. The lowest BCUT2D eigenvalue weighted by atomic mass is 10.1. The molecule has 0 aromatic carbocycles. The Bertz CT molecular complexity index is 282. The van der Waals surface area contributed by atoms with E-state index in [2.05, 4.69) is 9.80 Å². The van der Waals surface area contributed by atoms with E-state index in [1.165, 1.54) is 38.8 Å². The lowest BCUT2D eigenvalue weighted by Gasteiger charge is -2.32. The molecule has 3 nitrogen and oxygen atoms in total. The molecule has 0 aromatic rings. The van der Waals surface area contributed by atoms with Gasteiger partial charge in [-0.1, -0.05) is 6.42 Å². The molecular weight excluding hydrogens is 212 g/mol. The topological polar surface area (TPSA) is 23.6 Å². The summed E-state index contributed by atoms with van der Waals surface area (Å²) in [5.41, 5.74) is 0. The van der Waals surface area contributed by atoms with Gasteiger partial charge in [0.2, 0.25) is 0 Å². The molecule has 0 N–H and O–H groups in total. The summed E-state index contributed by atoms with van der Waals surface area (Å²) in [6, 6.07) is 0.738. The van der Waals surface area contributed by atoms with E-state index >= 15 is 0 Å². The molecule has 3 fully saturated rings. The van der Waals surface area contributed by atoms with Crippen molar-refractivity contribution >= 4 is 5.78 Å². The molecule has 2 aliphatic heterocycles. The van der Waals surface area contributed by atoms with E-state index in [9.17, 15) is 4.79 Å². The quantitative estimate of drug-likeness (QED) is 0.739. The fraction of sp³-hybridized carbons (Fsp3) is 0.929. The first-order valence-corrected chi connectivity index (χ1v) is 7.32. The number of carbonyl (C=O) groups excluding carboxylic acids is 1. The lowest BCUT2D eigenvalue weighted by molar-refractivity contribution is -0.121. The van der Waals surface area contributed by atoms with Crippen LogP contribution in [0.3, 0.4) is 0 Å². The van der Waals surface area contributed by atoms with Crippen LogP contribution in [-0.4, -0.2) is 54.3 Å². The maximum Gasteiger partial charge on any atom is 0.149 e. The van der Waals surface area contributed by atoms with Crippen molar-refractivity contribution in [2.75, 3.05) is 32.7 Å². The van der Waals surface area contributed by atoms with Gasteiger partial charge in [0.05, 0.1) is 6.54 Å². The third kappa shape index (κ3) is 2.89. The van der Waals surface area contributed by atoms with Gasteiger partial charge in [-0.2, -0.15) is 0 Å². The Kier molecular flexibility index (Phi) is 3.48. The Morgan fingerprint density at radius 3 is 2.47 bits per heavy atom. The van der Waals surface area contributed by atoms with Crippen LogP contribution in [0.5, 0.6) is 0 Å². The molecule has 2 heterocycles. The number of likely N-dealkylation sites (tertiary alicyclic amines) is 2. The van der Waals surface area contributed by atoms with E-state index in [1.54, 1.807) is 0 Å². The highest BCUT2D eigenvalue weighted by Crippen LogP contribution is 2.30. The van der Waals surface area contributed by atoms with Crippen LogP contribution in [0.4, 0.5) is 0 Å². The average Bonchev–Trinajstić information content (AvgIpc) is 3.12. The third-order valence-corrected chi connectivity index (χ3v) is 4.57. The number of hydrogen-bond donors (Lipinski definition) is 0. The number of nitrogens with zero attached hydrogens (tertiary/aromatic N) is 2. The molecule has 3 rings (SSSR count). The monoisotopic (exact) mass is 236 g/mol. The Labute approximate surface area is 104 Å². The largest absolute Gasteiger partial charge is 0.299 e. The summed E-state index contributed by atoms with van der Waals surface area (Å²) in [5.74, 6) is 0.938. The van der Waals surface area contributed by atoms with Crippen LogP contribution in [-0.2, 0) is 4.79 Å². The van der Waals surface area contributed by atoms with Gasteiger partial charge in [0.15, 0.2) is 0 Å². The molecule has 0 bridgehead atoms. The summed E-state index contributed by atoms with van der Waals surface area (Å²) in [5, 5.41) is 0. The summed E-state index contributed by atoms with van der Waals surface area (Å²) in [6.07, 6.45) is 7.74. The first kappa shape index (κ1) is 11.7. The molecule has 1 saturated carbocycles. The highest BCUT2D eigenvalue weighted by Gasteiger charge is 2.33. The molecule has 1 atom stereocenters. The molecule has 1 aliphatic carbocycles. The first-order valence-electron chi connectivity index (χ1n) is 7.32. The molecule has 3 aliphatic rings. The lowest BCUT2D eigenvalue weighted by Crippen LogP contribution is -2.41. The molecule has 0 spiro atoms. The number of Topliss-reactive ketones (excluding diaryl/α,β-unsaturated/α-hetero) is 1. The minimum atomic E-state index is 0.434. The number of rotatable bonds is 4. The maximum absolute atomic E-state index is 11.8. The van der Waals surface area contributed by atoms with Crippen molar-refractivity contribution in [1.82, 2.24) is 9.80 Å². The number of ketones is 1. The summed E-state index contributed by atoms with van der Waals surface area (Å²) in [7, 11) is 0. The van der Waals surface area contributed by atoms with E-state index in [-0.39, 0.29) is 0 Å². The minimum absolute atomic E-state index is 0.434. The van der Waals surface area contributed by atoms with Crippen molar-refractivity contribution in [3.8, 4) is 0 Å². The zero-order valence-corrected chi connectivity index (χ0v) is 10.7. The standard InChI is InChI=1S/C14H24N2O/c17-14(12-4-5-12)11-15-9-6-13(10-15)16-7-2-1-3-8-16/h12-13H,1-11H2. The molecule has 0 amide bonds. The summed E-state index contributed by atoms with van der Waals surface area (Å²) < 4.78 is 0. The second-order valence-electron chi connectivity index (χ2n) is 6.01. The minimum Gasteiger partial charge on any atom is -0.299 e. The predicted octanol–water partition coefficient (Wildman–Crippen LogP) is 1.53.